The number of aromatic amines is 1. The average Bonchev–Trinajstić information content (AvgIpc) is 2.87. The second kappa shape index (κ2) is 5.95. The smallest absolute Gasteiger partial charge is 0.230 e. The average molecular weight is 297 g/mol. The van der Waals surface area contributed by atoms with Gasteiger partial charge in [-0.2, -0.15) is 0 Å². The van der Waals surface area contributed by atoms with E-state index in [1.807, 2.05) is 30.9 Å². The molecule has 22 heavy (non-hydrogen) atoms. The molecular formula is C18H23N3O. The molecule has 1 N–H and O–H groups in total. The molecule has 0 saturated carbocycles. The summed E-state index contributed by atoms with van der Waals surface area (Å²) in [7, 11) is 0. The van der Waals surface area contributed by atoms with Crippen LogP contribution in [0.15, 0.2) is 24.3 Å². The summed E-state index contributed by atoms with van der Waals surface area (Å²) in [6.45, 7) is 6.77. The fraction of sp³-hybridized carbons (Fsp3) is 0.444. The number of carbonyl (C=O) groups is 1. The van der Waals surface area contributed by atoms with Gasteiger partial charge in [-0.1, -0.05) is 12.1 Å². The van der Waals surface area contributed by atoms with Gasteiger partial charge in [0.2, 0.25) is 5.91 Å². The number of hydrogen-bond acceptors (Lipinski definition) is 2. The molecule has 4 nitrogen and oxygen atoms in total. The molecule has 1 heterocycles. The van der Waals surface area contributed by atoms with Crippen LogP contribution in [-0.4, -0.2) is 22.4 Å². The molecule has 3 rings (SSSR count). The molecule has 1 aliphatic carbocycles. The lowest BCUT2D eigenvalue weighted by Crippen LogP contribution is -2.38. The molecule has 1 unspecified atom stereocenters. The van der Waals surface area contributed by atoms with Gasteiger partial charge in [0.05, 0.1) is 5.69 Å². The van der Waals surface area contributed by atoms with E-state index in [2.05, 4.69) is 29.0 Å². The lowest BCUT2D eigenvalue weighted by atomic mass is 9.88. The number of nitrogens with zero attached hydrogens (tertiary/aromatic N) is 2. The minimum Gasteiger partial charge on any atom is -0.346 e. The van der Waals surface area contributed by atoms with E-state index in [4.69, 9.17) is 0 Å². The topological polar surface area (TPSA) is 49.0 Å². The van der Waals surface area contributed by atoms with Crippen molar-refractivity contribution in [1.82, 2.24) is 9.97 Å². The van der Waals surface area contributed by atoms with E-state index in [0.29, 0.717) is 6.54 Å². The molecule has 0 aliphatic heterocycles. The van der Waals surface area contributed by atoms with Crippen molar-refractivity contribution in [2.45, 2.75) is 40.0 Å². The number of aryl methyl sites for hydroxylation is 3. The van der Waals surface area contributed by atoms with Gasteiger partial charge in [0, 0.05) is 30.3 Å². The minimum absolute atomic E-state index is 0.0489. The van der Waals surface area contributed by atoms with Gasteiger partial charge in [-0.3, -0.25) is 4.79 Å². The standard InChI is InChI=1S/C18H23N3O/c1-4-21(15-7-5-6-12(2)10-15)18(22)14-8-9-16-17(11-14)20-13(3)19-16/h5-7,10,14H,4,8-9,11H2,1-3H3,(H,19,20). The monoisotopic (exact) mass is 297 g/mol. The van der Waals surface area contributed by atoms with Gasteiger partial charge in [-0.15, -0.1) is 0 Å². The van der Waals surface area contributed by atoms with Crippen LogP contribution in [0.4, 0.5) is 5.69 Å². The highest BCUT2D eigenvalue weighted by molar-refractivity contribution is 5.95. The largest absolute Gasteiger partial charge is 0.346 e. The first-order chi connectivity index (χ1) is 10.6. The summed E-state index contributed by atoms with van der Waals surface area (Å²) in [6, 6.07) is 8.17. The molecule has 116 valence electrons. The Kier molecular flexibility index (Phi) is 4.01. The molecule has 1 atom stereocenters. The van der Waals surface area contributed by atoms with Crippen molar-refractivity contribution < 1.29 is 4.79 Å². The first-order valence-corrected chi connectivity index (χ1v) is 8.01. The van der Waals surface area contributed by atoms with Crippen molar-refractivity contribution >= 4 is 11.6 Å². The number of anilines is 1. The van der Waals surface area contributed by atoms with Gasteiger partial charge >= 0.3 is 0 Å². The molecule has 4 heteroatoms. The molecule has 0 saturated heterocycles. The Morgan fingerprint density at radius 3 is 2.95 bits per heavy atom. The number of amides is 1. The highest BCUT2D eigenvalue weighted by Gasteiger charge is 2.30. The molecular weight excluding hydrogens is 274 g/mol. The zero-order valence-electron chi connectivity index (χ0n) is 13.5. The predicted octanol–water partition coefficient (Wildman–Crippen LogP) is 3.18. The SMILES string of the molecule is CCN(C(=O)C1CCc2nc(C)[nH]c2C1)c1cccc(C)c1. The van der Waals surface area contributed by atoms with Crippen LogP contribution in [0.1, 0.15) is 36.1 Å². The van der Waals surface area contributed by atoms with E-state index in [1.165, 1.54) is 5.56 Å². The number of carbonyl (C=O) groups excluding carboxylic acids is 1. The van der Waals surface area contributed by atoms with E-state index in [1.54, 1.807) is 0 Å². The second-order valence-corrected chi connectivity index (χ2v) is 6.11. The van der Waals surface area contributed by atoms with Crippen LogP contribution in [-0.2, 0) is 17.6 Å². The maximum atomic E-state index is 12.9. The number of rotatable bonds is 3. The molecule has 1 amide bonds. The molecule has 0 bridgehead atoms. The number of fused-ring (bicyclic) bond motifs is 1. The van der Waals surface area contributed by atoms with Crippen LogP contribution in [0.25, 0.3) is 0 Å². The summed E-state index contributed by atoms with van der Waals surface area (Å²) in [6.07, 6.45) is 2.55. The van der Waals surface area contributed by atoms with Gasteiger partial charge < -0.3 is 9.88 Å². The summed E-state index contributed by atoms with van der Waals surface area (Å²) in [5.74, 6) is 1.22. The van der Waals surface area contributed by atoms with E-state index >= 15 is 0 Å². The normalized spacial score (nSPS) is 17.1. The third-order valence-corrected chi connectivity index (χ3v) is 4.41. The predicted molar refractivity (Wildman–Crippen MR) is 88.0 cm³/mol. The van der Waals surface area contributed by atoms with Crippen molar-refractivity contribution in [3.8, 4) is 0 Å². The van der Waals surface area contributed by atoms with E-state index in [0.717, 1.165) is 42.2 Å². The van der Waals surface area contributed by atoms with Crippen LogP contribution in [0.2, 0.25) is 0 Å². The third kappa shape index (κ3) is 2.78. The lowest BCUT2D eigenvalue weighted by molar-refractivity contribution is -0.122. The molecule has 0 radical (unpaired) electrons. The Bertz CT molecular complexity index is 689. The van der Waals surface area contributed by atoms with Gasteiger partial charge in [0.25, 0.3) is 0 Å². The Morgan fingerprint density at radius 1 is 1.41 bits per heavy atom. The summed E-state index contributed by atoms with van der Waals surface area (Å²) in [5.41, 5.74) is 4.46. The number of hydrogen-bond donors (Lipinski definition) is 1. The first kappa shape index (κ1) is 14.8. The van der Waals surface area contributed by atoms with Crippen molar-refractivity contribution in [3.05, 3.63) is 47.0 Å². The maximum Gasteiger partial charge on any atom is 0.230 e. The number of benzene rings is 1. The number of nitrogens with one attached hydrogen (secondary N) is 1. The zero-order valence-corrected chi connectivity index (χ0v) is 13.5. The molecule has 1 aromatic heterocycles. The van der Waals surface area contributed by atoms with Crippen LogP contribution < -0.4 is 4.90 Å². The summed E-state index contributed by atoms with van der Waals surface area (Å²) < 4.78 is 0. The van der Waals surface area contributed by atoms with Gasteiger partial charge in [0.15, 0.2) is 0 Å². The van der Waals surface area contributed by atoms with Crippen LogP contribution >= 0.6 is 0 Å². The molecule has 0 fully saturated rings. The number of H-pyrrole nitrogens is 1. The highest BCUT2D eigenvalue weighted by Crippen LogP contribution is 2.27. The number of aromatic nitrogens is 2. The quantitative estimate of drug-likeness (QED) is 0.946. The van der Waals surface area contributed by atoms with Crippen LogP contribution in [0, 0.1) is 19.8 Å². The Morgan fingerprint density at radius 2 is 2.23 bits per heavy atom. The lowest BCUT2D eigenvalue weighted by Gasteiger charge is -2.28. The van der Waals surface area contributed by atoms with Gasteiger partial charge in [-0.05, 0) is 51.3 Å². The fourth-order valence-corrected chi connectivity index (χ4v) is 3.32. The first-order valence-electron chi connectivity index (χ1n) is 8.01. The van der Waals surface area contributed by atoms with Crippen molar-refractivity contribution in [2.75, 3.05) is 11.4 Å². The molecule has 1 aliphatic rings. The van der Waals surface area contributed by atoms with Crippen molar-refractivity contribution in [1.29, 1.82) is 0 Å². The Balaban J connectivity index is 1.81. The van der Waals surface area contributed by atoms with E-state index in [9.17, 15) is 4.79 Å². The molecule has 2 aromatic rings. The van der Waals surface area contributed by atoms with Crippen LogP contribution in [0.5, 0.6) is 0 Å². The summed E-state index contributed by atoms with van der Waals surface area (Å²) >= 11 is 0. The Hall–Kier alpha value is -2.10. The highest BCUT2D eigenvalue weighted by atomic mass is 16.2. The van der Waals surface area contributed by atoms with Gasteiger partial charge in [0.1, 0.15) is 5.82 Å². The number of imidazole rings is 1. The second-order valence-electron chi connectivity index (χ2n) is 6.11. The van der Waals surface area contributed by atoms with Crippen LogP contribution in [0.3, 0.4) is 0 Å². The van der Waals surface area contributed by atoms with E-state index in [-0.39, 0.29) is 11.8 Å². The Labute approximate surface area is 131 Å². The third-order valence-electron chi connectivity index (χ3n) is 4.41. The minimum atomic E-state index is 0.0489. The fourth-order valence-electron chi connectivity index (χ4n) is 3.32. The van der Waals surface area contributed by atoms with Crippen molar-refractivity contribution in [2.24, 2.45) is 5.92 Å². The molecule has 0 spiro atoms. The van der Waals surface area contributed by atoms with Crippen molar-refractivity contribution in [3.63, 3.8) is 0 Å². The van der Waals surface area contributed by atoms with Gasteiger partial charge in [-0.25, -0.2) is 4.98 Å². The summed E-state index contributed by atoms with van der Waals surface area (Å²) in [5, 5.41) is 0. The zero-order chi connectivity index (χ0) is 15.7. The maximum absolute atomic E-state index is 12.9. The molecule has 1 aromatic carbocycles. The van der Waals surface area contributed by atoms with E-state index < -0.39 is 0 Å². The summed E-state index contributed by atoms with van der Waals surface area (Å²) in [4.78, 5) is 22.7.